The van der Waals surface area contributed by atoms with Crippen molar-refractivity contribution in [2.45, 2.75) is 32.4 Å². The molecule has 2 fully saturated rings. The number of hydrogen-bond acceptors (Lipinski definition) is 4. The van der Waals surface area contributed by atoms with E-state index in [0.717, 1.165) is 45.8 Å². The molecule has 2 aliphatic heterocycles. The molecular weight excluding hydrogens is 306 g/mol. The first-order chi connectivity index (χ1) is 11.7. The third kappa shape index (κ3) is 3.87. The summed E-state index contributed by atoms with van der Waals surface area (Å²) in [5.74, 6) is 0.687. The number of ether oxygens (including phenoxy) is 1. The topological polar surface area (TPSA) is 54.8 Å². The van der Waals surface area contributed by atoms with Crippen molar-refractivity contribution in [3.05, 3.63) is 34.7 Å². The van der Waals surface area contributed by atoms with Gasteiger partial charge >= 0.3 is 0 Å². The fourth-order valence-corrected chi connectivity index (χ4v) is 3.80. The van der Waals surface area contributed by atoms with Gasteiger partial charge in [-0.05, 0) is 12.0 Å². The monoisotopic (exact) mass is 333 g/mol. The summed E-state index contributed by atoms with van der Waals surface area (Å²) >= 11 is 0. The molecule has 24 heavy (non-hydrogen) atoms. The highest BCUT2D eigenvalue weighted by atomic mass is 16.5. The summed E-state index contributed by atoms with van der Waals surface area (Å²) in [5.41, 5.74) is -0.0515. The van der Waals surface area contributed by atoms with Gasteiger partial charge in [0.25, 0.3) is 5.56 Å². The van der Waals surface area contributed by atoms with Gasteiger partial charge in [-0.25, -0.2) is 0 Å². The lowest BCUT2D eigenvalue weighted by Gasteiger charge is -2.34. The lowest BCUT2D eigenvalue weighted by molar-refractivity contribution is -0.130. The zero-order chi connectivity index (χ0) is 16.9. The number of pyridine rings is 1. The molecule has 0 spiro atoms. The van der Waals surface area contributed by atoms with Crippen molar-refractivity contribution in [2.24, 2.45) is 5.92 Å². The van der Waals surface area contributed by atoms with E-state index in [9.17, 15) is 9.59 Å². The Kier molecular flexibility index (Phi) is 5.68. The fraction of sp³-hybridized carbons (Fsp3) is 0.667. The Balaban J connectivity index is 1.57. The summed E-state index contributed by atoms with van der Waals surface area (Å²) < 4.78 is 7.05. The van der Waals surface area contributed by atoms with Crippen molar-refractivity contribution in [1.82, 2.24) is 14.4 Å². The maximum Gasteiger partial charge on any atom is 0.250 e. The number of carbonyl (C=O) groups excluding carboxylic acids is 1. The predicted molar refractivity (Wildman–Crippen MR) is 91.9 cm³/mol. The summed E-state index contributed by atoms with van der Waals surface area (Å²) in [6, 6.07) is 5.52. The van der Waals surface area contributed by atoms with Crippen LogP contribution >= 0.6 is 0 Å². The zero-order valence-corrected chi connectivity index (χ0v) is 14.4. The maximum absolute atomic E-state index is 12.6. The zero-order valence-electron chi connectivity index (χ0n) is 14.4. The first-order valence-corrected chi connectivity index (χ1v) is 8.94. The second kappa shape index (κ2) is 7.94. The van der Waals surface area contributed by atoms with Crippen molar-refractivity contribution in [3.8, 4) is 0 Å². The van der Waals surface area contributed by atoms with E-state index in [4.69, 9.17) is 4.74 Å². The van der Waals surface area contributed by atoms with Crippen molar-refractivity contribution >= 4 is 5.91 Å². The van der Waals surface area contributed by atoms with Crippen LogP contribution in [0, 0.1) is 5.92 Å². The number of nitrogens with zero attached hydrogens (tertiary/aromatic N) is 3. The van der Waals surface area contributed by atoms with Gasteiger partial charge in [-0.3, -0.25) is 14.5 Å². The van der Waals surface area contributed by atoms with Crippen LogP contribution in [0.15, 0.2) is 29.2 Å². The van der Waals surface area contributed by atoms with Crippen molar-refractivity contribution in [3.63, 3.8) is 0 Å². The van der Waals surface area contributed by atoms with Crippen LogP contribution in [0.5, 0.6) is 0 Å². The van der Waals surface area contributed by atoms with E-state index in [1.54, 1.807) is 16.8 Å². The van der Waals surface area contributed by atoms with Crippen LogP contribution in [0.2, 0.25) is 0 Å². The van der Waals surface area contributed by atoms with Crippen LogP contribution in [0.4, 0.5) is 0 Å². The minimum absolute atomic E-state index is 0.0515. The molecule has 0 aromatic carbocycles. The molecule has 1 amide bonds. The molecule has 1 aromatic rings. The molecule has 2 saturated heterocycles. The standard InChI is InChI=1S/C18H27N3O3/c1-2-15-13-21(14-16(15)19-9-11-24-12-10-19)18(23)6-8-20-7-4-3-5-17(20)22/h3-5,7,15-16H,2,6,8-14H2,1H3. The van der Waals surface area contributed by atoms with Crippen LogP contribution < -0.4 is 5.56 Å². The molecule has 0 radical (unpaired) electrons. The molecule has 3 heterocycles. The largest absolute Gasteiger partial charge is 0.379 e. The predicted octanol–water partition coefficient (Wildman–Crippen LogP) is 0.808. The minimum Gasteiger partial charge on any atom is -0.379 e. The molecule has 6 heteroatoms. The first kappa shape index (κ1) is 17.2. The summed E-state index contributed by atoms with van der Waals surface area (Å²) in [6.45, 7) is 7.80. The number of aromatic nitrogens is 1. The quantitative estimate of drug-likeness (QED) is 0.800. The highest BCUT2D eigenvalue weighted by Crippen LogP contribution is 2.26. The van der Waals surface area contributed by atoms with Gasteiger partial charge in [-0.15, -0.1) is 0 Å². The van der Waals surface area contributed by atoms with Crippen LogP contribution in [0.3, 0.4) is 0 Å². The van der Waals surface area contributed by atoms with Gasteiger partial charge in [0.15, 0.2) is 0 Å². The Morgan fingerprint density at radius 1 is 1.25 bits per heavy atom. The van der Waals surface area contributed by atoms with E-state index < -0.39 is 0 Å². The highest BCUT2D eigenvalue weighted by molar-refractivity contribution is 5.76. The normalized spacial score (nSPS) is 25.1. The molecule has 2 aliphatic rings. The average Bonchev–Trinajstić information content (AvgIpc) is 3.06. The van der Waals surface area contributed by atoms with E-state index in [1.807, 2.05) is 11.0 Å². The summed E-state index contributed by atoms with van der Waals surface area (Å²) in [4.78, 5) is 28.8. The molecule has 0 bridgehead atoms. The Morgan fingerprint density at radius 2 is 2.04 bits per heavy atom. The number of aryl methyl sites for hydroxylation is 1. The third-order valence-electron chi connectivity index (χ3n) is 5.26. The van der Waals surface area contributed by atoms with Crippen molar-refractivity contribution < 1.29 is 9.53 Å². The lowest BCUT2D eigenvalue weighted by Crippen LogP contribution is -2.47. The number of hydrogen-bond donors (Lipinski definition) is 0. The number of morpholine rings is 1. The van der Waals surface area contributed by atoms with Crippen LogP contribution in [-0.4, -0.2) is 65.7 Å². The summed E-state index contributed by atoms with van der Waals surface area (Å²) in [5, 5.41) is 0. The van der Waals surface area contributed by atoms with Crippen LogP contribution in [0.1, 0.15) is 19.8 Å². The third-order valence-corrected chi connectivity index (χ3v) is 5.26. The van der Waals surface area contributed by atoms with Gasteiger partial charge in [0, 0.05) is 57.4 Å². The van der Waals surface area contributed by atoms with Crippen LogP contribution in [-0.2, 0) is 16.1 Å². The van der Waals surface area contributed by atoms with Gasteiger partial charge in [0.2, 0.25) is 5.91 Å². The van der Waals surface area contributed by atoms with Gasteiger partial charge in [0.1, 0.15) is 0 Å². The van der Waals surface area contributed by atoms with E-state index in [1.165, 1.54) is 6.07 Å². The van der Waals surface area contributed by atoms with Gasteiger partial charge < -0.3 is 14.2 Å². The molecule has 0 saturated carbocycles. The smallest absolute Gasteiger partial charge is 0.250 e. The van der Waals surface area contributed by atoms with E-state index in [-0.39, 0.29) is 11.5 Å². The number of likely N-dealkylation sites (tertiary alicyclic amines) is 1. The van der Waals surface area contributed by atoms with Crippen LogP contribution in [0.25, 0.3) is 0 Å². The molecule has 132 valence electrons. The highest BCUT2D eigenvalue weighted by Gasteiger charge is 2.37. The van der Waals surface area contributed by atoms with E-state index in [0.29, 0.717) is 24.9 Å². The molecule has 0 N–H and O–H groups in total. The number of rotatable bonds is 5. The average molecular weight is 333 g/mol. The number of carbonyl (C=O) groups is 1. The lowest BCUT2D eigenvalue weighted by atomic mass is 9.99. The SMILES string of the molecule is CCC1CN(C(=O)CCn2ccccc2=O)CC1N1CCOCC1. The molecular formula is C18H27N3O3. The molecule has 2 atom stereocenters. The van der Waals surface area contributed by atoms with Gasteiger partial charge in [-0.2, -0.15) is 0 Å². The molecule has 2 unspecified atom stereocenters. The minimum atomic E-state index is -0.0515. The molecule has 1 aromatic heterocycles. The van der Waals surface area contributed by atoms with Crippen molar-refractivity contribution in [1.29, 1.82) is 0 Å². The second-order valence-electron chi connectivity index (χ2n) is 6.67. The van der Waals surface area contributed by atoms with Crippen molar-refractivity contribution in [2.75, 3.05) is 39.4 Å². The fourth-order valence-electron chi connectivity index (χ4n) is 3.80. The summed E-state index contributed by atoms with van der Waals surface area (Å²) in [6.07, 6.45) is 3.21. The molecule has 3 rings (SSSR count). The maximum atomic E-state index is 12.6. The molecule has 0 aliphatic carbocycles. The van der Waals surface area contributed by atoms with Gasteiger partial charge in [0.05, 0.1) is 13.2 Å². The second-order valence-corrected chi connectivity index (χ2v) is 6.67. The Bertz CT molecular complexity index is 610. The Labute approximate surface area is 143 Å². The first-order valence-electron chi connectivity index (χ1n) is 8.94. The summed E-state index contributed by atoms with van der Waals surface area (Å²) in [7, 11) is 0. The Morgan fingerprint density at radius 3 is 2.75 bits per heavy atom. The van der Waals surface area contributed by atoms with E-state index in [2.05, 4.69) is 11.8 Å². The Hall–Kier alpha value is -1.66. The molecule has 6 nitrogen and oxygen atoms in total. The van der Waals surface area contributed by atoms with Gasteiger partial charge in [-0.1, -0.05) is 19.4 Å². The number of amides is 1. The van der Waals surface area contributed by atoms with E-state index >= 15 is 0 Å².